The summed E-state index contributed by atoms with van der Waals surface area (Å²) < 4.78 is 10.7. The first kappa shape index (κ1) is 13.1. The highest BCUT2D eigenvalue weighted by Crippen LogP contribution is 2.13. The van der Waals surface area contributed by atoms with Gasteiger partial charge in [0.05, 0.1) is 14.5 Å². The number of rotatable bonds is 8. The molecule has 0 fully saturated rings. The van der Waals surface area contributed by atoms with Crippen LogP contribution in [0, 0.1) is 0 Å². The van der Waals surface area contributed by atoms with Gasteiger partial charge in [-0.3, -0.25) is 0 Å². The van der Waals surface area contributed by atoms with E-state index in [0.717, 1.165) is 12.2 Å². The highest BCUT2D eigenvalue weighted by Gasteiger charge is 1.95. The van der Waals surface area contributed by atoms with Crippen LogP contribution >= 0.6 is 0 Å². The fraction of sp³-hybridized carbons (Fsp3) is 0.538. The summed E-state index contributed by atoms with van der Waals surface area (Å²) in [6.07, 6.45) is 2.86. The van der Waals surface area contributed by atoms with Crippen molar-refractivity contribution in [2.24, 2.45) is 0 Å². The molecular weight excluding hydrogens is 199 g/mol. The molecule has 86 valence electrons. The Hall–Kier alpha value is -0.955. The normalized spacial score (nSPS) is 10.3. The average molecular weight is 218 g/mol. The maximum Gasteiger partial charge on any atom is 0.119 e. The standard InChI is InChI=1S/C13H19BO2/c1-2-3-12-4-6-13(7-5-12)16-11-10-15-9-8-14/h4-7H,2-3,8-11H2,1H3. The van der Waals surface area contributed by atoms with E-state index in [1.807, 2.05) is 12.1 Å². The second kappa shape index (κ2) is 8.23. The molecule has 0 bridgehead atoms. The molecule has 0 spiro atoms. The van der Waals surface area contributed by atoms with E-state index in [1.165, 1.54) is 12.0 Å². The largest absolute Gasteiger partial charge is 0.491 e. The number of hydrogen-bond acceptors (Lipinski definition) is 2. The quantitative estimate of drug-likeness (QED) is 0.493. The topological polar surface area (TPSA) is 18.5 Å². The van der Waals surface area contributed by atoms with Crippen molar-refractivity contribution in [3.8, 4) is 5.75 Å². The number of aryl methyl sites for hydroxylation is 1. The van der Waals surface area contributed by atoms with E-state index in [9.17, 15) is 0 Å². The van der Waals surface area contributed by atoms with Crippen LogP contribution in [0.1, 0.15) is 18.9 Å². The zero-order chi connectivity index (χ0) is 11.6. The molecule has 1 aromatic carbocycles. The van der Waals surface area contributed by atoms with Gasteiger partial charge in [-0.05, 0) is 24.1 Å². The van der Waals surface area contributed by atoms with Crippen LogP contribution in [0.3, 0.4) is 0 Å². The summed E-state index contributed by atoms with van der Waals surface area (Å²) in [5.41, 5.74) is 1.36. The summed E-state index contributed by atoms with van der Waals surface area (Å²) in [6, 6.07) is 8.24. The molecule has 3 heteroatoms. The minimum atomic E-state index is 0.561. The molecule has 0 aliphatic carbocycles. The van der Waals surface area contributed by atoms with E-state index in [0.29, 0.717) is 26.1 Å². The Bertz CT molecular complexity index is 272. The molecule has 0 saturated heterocycles. The average Bonchev–Trinajstić information content (AvgIpc) is 2.31. The molecule has 0 aliphatic heterocycles. The number of benzene rings is 1. The second-order valence-corrected chi connectivity index (χ2v) is 3.64. The first-order valence-corrected chi connectivity index (χ1v) is 5.86. The van der Waals surface area contributed by atoms with Crippen LogP contribution in [0.2, 0.25) is 6.32 Å². The van der Waals surface area contributed by atoms with Gasteiger partial charge in [-0.2, -0.15) is 0 Å². The lowest BCUT2D eigenvalue weighted by Crippen LogP contribution is -2.07. The third kappa shape index (κ3) is 5.22. The van der Waals surface area contributed by atoms with Gasteiger partial charge in [-0.1, -0.05) is 31.8 Å². The van der Waals surface area contributed by atoms with Crippen LogP contribution in [0.4, 0.5) is 0 Å². The summed E-state index contributed by atoms with van der Waals surface area (Å²) in [6.45, 7) is 3.94. The van der Waals surface area contributed by atoms with Gasteiger partial charge in [0.2, 0.25) is 0 Å². The SMILES string of the molecule is [B]CCOCCOc1ccc(CCC)cc1. The third-order valence-corrected chi connectivity index (χ3v) is 2.22. The smallest absolute Gasteiger partial charge is 0.119 e. The van der Waals surface area contributed by atoms with E-state index in [-0.39, 0.29) is 0 Å². The minimum Gasteiger partial charge on any atom is -0.491 e. The Kier molecular flexibility index (Phi) is 6.74. The fourth-order valence-corrected chi connectivity index (χ4v) is 1.44. The van der Waals surface area contributed by atoms with Crippen LogP contribution in [0.15, 0.2) is 24.3 Å². The van der Waals surface area contributed by atoms with E-state index >= 15 is 0 Å². The molecule has 0 amide bonds. The molecule has 0 unspecified atom stereocenters. The molecule has 2 radical (unpaired) electrons. The second-order valence-electron chi connectivity index (χ2n) is 3.64. The maximum atomic E-state index is 5.52. The van der Waals surface area contributed by atoms with Crippen molar-refractivity contribution >= 4 is 7.85 Å². The van der Waals surface area contributed by atoms with E-state index < -0.39 is 0 Å². The molecule has 0 atom stereocenters. The lowest BCUT2D eigenvalue weighted by atomic mass is 10.1. The molecule has 0 heterocycles. The van der Waals surface area contributed by atoms with Crippen LogP contribution in [0.5, 0.6) is 5.75 Å². The minimum absolute atomic E-state index is 0.561. The molecule has 0 N–H and O–H groups in total. The predicted octanol–water partition coefficient (Wildman–Crippen LogP) is 2.62. The molecule has 0 aromatic heterocycles. The maximum absolute atomic E-state index is 5.52. The van der Waals surface area contributed by atoms with Gasteiger partial charge in [0.25, 0.3) is 0 Å². The Balaban J connectivity index is 2.21. The Labute approximate surface area is 99.4 Å². The predicted molar refractivity (Wildman–Crippen MR) is 67.3 cm³/mol. The van der Waals surface area contributed by atoms with Gasteiger partial charge in [0.1, 0.15) is 12.4 Å². The van der Waals surface area contributed by atoms with Crippen molar-refractivity contribution in [3.05, 3.63) is 29.8 Å². The van der Waals surface area contributed by atoms with Crippen LogP contribution in [-0.4, -0.2) is 27.7 Å². The van der Waals surface area contributed by atoms with Crippen LogP contribution < -0.4 is 4.74 Å². The molecule has 1 aromatic rings. The van der Waals surface area contributed by atoms with Gasteiger partial charge >= 0.3 is 0 Å². The van der Waals surface area contributed by atoms with E-state index in [4.69, 9.17) is 17.3 Å². The fourth-order valence-electron chi connectivity index (χ4n) is 1.44. The van der Waals surface area contributed by atoms with Gasteiger partial charge in [0, 0.05) is 6.61 Å². The third-order valence-electron chi connectivity index (χ3n) is 2.22. The van der Waals surface area contributed by atoms with Crippen molar-refractivity contribution in [3.63, 3.8) is 0 Å². The van der Waals surface area contributed by atoms with Crippen LogP contribution in [0.25, 0.3) is 0 Å². The molecule has 0 aliphatic rings. The summed E-state index contributed by atoms with van der Waals surface area (Å²) >= 11 is 0. The van der Waals surface area contributed by atoms with Gasteiger partial charge in [0.15, 0.2) is 0 Å². The molecular formula is C13H19BO2. The highest BCUT2D eigenvalue weighted by molar-refractivity contribution is 6.08. The van der Waals surface area contributed by atoms with Crippen molar-refractivity contribution < 1.29 is 9.47 Å². The highest BCUT2D eigenvalue weighted by atomic mass is 16.5. The summed E-state index contributed by atoms with van der Waals surface area (Å²) in [5, 5.41) is 0. The van der Waals surface area contributed by atoms with Crippen LogP contribution in [-0.2, 0) is 11.2 Å². The zero-order valence-electron chi connectivity index (χ0n) is 9.95. The number of ether oxygens (including phenoxy) is 2. The van der Waals surface area contributed by atoms with E-state index in [2.05, 4.69) is 19.1 Å². The number of hydrogen-bond donors (Lipinski definition) is 0. The first-order chi connectivity index (χ1) is 7.86. The Morgan fingerprint density at radius 3 is 2.44 bits per heavy atom. The van der Waals surface area contributed by atoms with Gasteiger partial charge < -0.3 is 9.47 Å². The summed E-state index contributed by atoms with van der Waals surface area (Å²) in [5.74, 6) is 0.899. The van der Waals surface area contributed by atoms with Crippen molar-refractivity contribution in [1.82, 2.24) is 0 Å². The van der Waals surface area contributed by atoms with Crippen molar-refractivity contribution in [2.45, 2.75) is 26.1 Å². The van der Waals surface area contributed by atoms with Gasteiger partial charge in [-0.25, -0.2) is 0 Å². The molecule has 1 rings (SSSR count). The Morgan fingerprint density at radius 2 is 1.81 bits per heavy atom. The first-order valence-electron chi connectivity index (χ1n) is 5.86. The lowest BCUT2D eigenvalue weighted by molar-refractivity contribution is 0.110. The summed E-state index contributed by atoms with van der Waals surface area (Å²) in [4.78, 5) is 0. The molecule has 2 nitrogen and oxygen atoms in total. The van der Waals surface area contributed by atoms with Crippen molar-refractivity contribution in [2.75, 3.05) is 19.8 Å². The van der Waals surface area contributed by atoms with Crippen molar-refractivity contribution in [1.29, 1.82) is 0 Å². The van der Waals surface area contributed by atoms with Gasteiger partial charge in [-0.15, -0.1) is 0 Å². The zero-order valence-corrected chi connectivity index (χ0v) is 9.95. The lowest BCUT2D eigenvalue weighted by Gasteiger charge is -2.07. The molecule has 0 saturated carbocycles. The van der Waals surface area contributed by atoms with E-state index in [1.54, 1.807) is 0 Å². The molecule has 16 heavy (non-hydrogen) atoms. The monoisotopic (exact) mass is 218 g/mol. The summed E-state index contributed by atoms with van der Waals surface area (Å²) in [7, 11) is 5.30. The Morgan fingerprint density at radius 1 is 1.06 bits per heavy atom.